The molecule has 0 saturated carbocycles. The van der Waals surface area contributed by atoms with Crippen LogP contribution in [0.15, 0.2) is 0 Å². The van der Waals surface area contributed by atoms with Crippen LogP contribution in [0.5, 0.6) is 0 Å². The summed E-state index contributed by atoms with van der Waals surface area (Å²) in [7, 11) is 0. The minimum Gasteiger partial charge on any atom is -0.318 e. The average Bonchev–Trinajstić information content (AvgIpc) is 2.01. The number of hydrogen-bond acceptors (Lipinski definition) is 4. The molecule has 0 saturated heterocycles. The first kappa shape index (κ1) is 11.4. The summed E-state index contributed by atoms with van der Waals surface area (Å²) in [4.78, 5) is 12.6. The van der Waals surface area contributed by atoms with Crippen LogP contribution in [0.2, 0.25) is 0 Å². The quantitative estimate of drug-likeness (QED) is 0.598. The lowest BCUT2D eigenvalue weighted by Gasteiger charge is -2.25. The first-order valence-corrected chi connectivity index (χ1v) is 3.75. The molecule has 0 aliphatic rings. The fourth-order valence-electron chi connectivity index (χ4n) is 0.778. The minimum absolute atomic E-state index is 0.104. The van der Waals surface area contributed by atoms with Crippen molar-refractivity contribution in [1.82, 2.24) is 4.90 Å². The highest BCUT2D eigenvalue weighted by Gasteiger charge is 2.27. The maximum absolute atomic E-state index is 11.4. The summed E-state index contributed by atoms with van der Waals surface area (Å²) in [5, 5.41) is 16.8. The number of nitriles is 2. The molecule has 0 aromatic heterocycles. The molecular formula is C8H12N4O. The second-order valence-corrected chi connectivity index (χ2v) is 3.20. The van der Waals surface area contributed by atoms with Gasteiger partial charge in [-0.05, 0) is 13.8 Å². The number of rotatable bonds is 3. The molecule has 0 aliphatic heterocycles. The Labute approximate surface area is 77.3 Å². The summed E-state index contributed by atoms with van der Waals surface area (Å²) in [6, 6.07) is 3.61. The van der Waals surface area contributed by atoms with Gasteiger partial charge in [-0.1, -0.05) is 0 Å². The van der Waals surface area contributed by atoms with Gasteiger partial charge in [0, 0.05) is 0 Å². The summed E-state index contributed by atoms with van der Waals surface area (Å²) < 4.78 is 0. The second-order valence-electron chi connectivity index (χ2n) is 3.20. The topological polar surface area (TPSA) is 93.9 Å². The number of nitrogens with zero attached hydrogens (tertiary/aromatic N) is 3. The van der Waals surface area contributed by atoms with E-state index in [0.717, 1.165) is 4.90 Å². The summed E-state index contributed by atoms with van der Waals surface area (Å²) in [6.45, 7) is 2.87. The maximum atomic E-state index is 11.4. The van der Waals surface area contributed by atoms with Gasteiger partial charge in [-0.2, -0.15) is 10.5 Å². The van der Waals surface area contributed by atoms with Crippen LogP contribution in [0.25, 0.3) is 0 Å². The summed E-state index contributed by atoms with van der Waals surface area (Å²) in [5.41, 5.74) is 4.50. The SMILES string of the molecule is CC(C)(N)C(=O)N(CC#N)CC#N. The van der Waals surface area contributed by atoms with Gasteiger partial charge in [0.2, 0.25) is 5.91 Å². The standard InChI is InChI=1S/C8H12N4O/c1-8(2,11)7(13)12(5-3-9)6-4-10/h5-6,11H2,1-2H3. The summed E-state index contributed by atoms with van der Waals surface area (Å²) in [6.07, 6.45) is 0. The van der Waals surface area contributed by atoms with Gasteiger partial charge in [0.25, 0.3) is 0 Å². The minimum atomic E-state index is -1.03. The largest absolute Gasteiger partial charge is 0.318 e. The molecule has 0 rings (SSSR count). The van der Waals surface area contributed by atoms with Crippen LogP contribution in [-0.4, -0.2) is 29.4 Å². The van der Waals surface area contributed by atoms with Gasteiger partial charge in [0.05, 0.1) is 17.7 Å². The molecule has 2 N–H and O–H groups in total. The van der Waals surface area contributed by atoms with E-state index in [1.807, 2.05) is 0 Å². The molecule has 0 radical (unpaired) electrons. The molecule has 5 heteroatoms. The summed E-state index contributed by atoms with van der Waals surface area (Å²) in [5.74, 6) is -0.393. The van der Waals surface area contributed by atoms with Crippen LogP contribution in [0.4, 0.5) is 0 Å². The molecule has 0 spiro atoms. The van der Waals surface area contributed by atoms with Gasteiger partial charge in [-0.15, -0.1) is 0 Å². The predicted molar refractivity (Wildman–Crippen MR) is 46.1 cm³/mol. The highest BCUT2D eigenvalue weighted by atomic mass is 16.2. The van der Waals surface area contributed by atoms with Crippen molar-refractivity contribution in [2.75, 3.05) is 13.1 Å². The van der Waals surface area contributed by atoms with Gasteiger partial charge >= 0.3 is 0 Å². The van der Waals surface area contributed by atoms with Crippen molar-refractivity contribution in [3.05, 3.63) is 0 Å². The highest BCUT2D eigenvalue weighted by Crippen LogP contribution is 2.03. The third-order valence-electron chi connectivity index (χ3n) is 1.36. The first-order valence-electron chi connectivity index (χ1n) is 3.75. The van der Waals surface area contributed by atoms with Crippen LogP contribution in [0, 0.1) is 22.7 Å². The van der Waals surface area contributed by atoms with Crippen molar-refractivity contribution in [3.8, 4) is 12.1 Å². The zero-order valence-electron chi connectivity index (χ0n) is 7.74. The molecule has 0 aromatic rings. The van der Waals surface area contributed by atoms with Crippen molar-refractivity contribution >= 4 is 5.91 Å². The van der Waals surface area contributed by atoms with Gasteiger partial charge in [0.1, 0.15) is 13.1 Å². The molecule has 5 nitrogen and oxygen atoms in total. The number of hydrogen-bond donors (Lipinski definition) is 1. The zero-order chi connectivity index (χ0) is 10.5. The van der Waals surface area contributed by atoms with Gasteiger partial charge in [0.15, 0.2) is 0 Å². The number of carbonyl (C=O) groups excluding carboxylic acids is 1. The fraction of sp³-hybridized carbons (Fsp3) is 0.625. The molecule has 13 heavy (non-hydrogen) atoms. The third-order valence-corrected chi connectivity index (χ3v) is 1.36. The monoisotopic (exact) mass is 180 g/mol. The fourth-order valence-corrected chi connectivity index (χ4v) is 0.778. The van der Waals surface area contributed by atoms with Crippen LogP contribution in [0.1, 0.15) is 13.8 Å². The maximum Gasteiger partial charge on any atom is 0.243 e. The Morgan fingerprint density at radius 2 is 1.77 bits per heavy atom. The van der Waals surface area contributed by atoms with Gasteiger partial charge in [-0.25, -0.2) is 0 Å². The van der Waals surface area contributed by atoms with E-state index in [-0.39, 0.29) is 13.1 Å². The van der Waals surface area contributed by atoms with Crippen molar-refractivity contribution in [3.63, 3.8) is 0 Å². The van der Waals surface area contributed by atoms with E-state index in [9.17, 15) is 4.79 Å². The lowest BCUT2D eigenvalue weighted by Crippen LogP contribution is -2.51. The molecule has 0 fully saturated rings. The number of nitrogens with two attached hydrogens (primary N) is 1. The van der Waals surface area contributed by atoms with Crippen LogP contribution < -0.4 is 5.73 Å². The first-order chi connectivity index (χ1) is 5.93. The number of amides is 1. The molecule has 0 unspecified atom stereocenters. The smallest absolute Gasteiger partial charge is 0.243 e. The van der Waals surface area contributed by atoms with Crippen LogP contribution >= 0.6 is 0 Å². The van der Waals surface area contributed by atoms with E-state index < -0.39 is 11.4 Å². The van der Waals surface area contributed by atoms with Crippen LogP contribution in [-0.2, 0) is 4.79 Å². The molecule has 0 bridgehead atoms. The summed E-state index contributed by atoms with van der Waals surface area (Å²) >= 11 is 0. The van der Waals surface area contributed by atoms with E-state index >= 15 is 0 Å². The van der Waals surface area contributed by atoms with Crippen molar-refractivity contribution < 1.29 is 4.79 Å². The predicted octanol–water partition coefficient (Wildman–Crippen LogP) is -0.401. The van der Waals surface area contributed by atoms with E-state index in [1.54, 1.807) is 12.1 Å². The van der Waals surface area contributed by atoms with E-state index in [4.69, 9.17) is 16.3 Å². The Hall–Kier alpha value is -1.59. The Morgan fingerprint density at radius 3 is 2.00 bits per heavy atom. The highest BCUT2D eigenvalue weighted by molar-refractivity contribution is 5.85. The molecule has 0 atom stereocenters. The molecule has 0 aromatic carbocycles. The van der Waals surface area contributed by atoms with Crippen LogP contribution in [0.3, 0.4) is 0 Å². The van der Waals surface area contributed by atoms with Crippen molar-refractivity contribution in [1.29, 1.82) is 10.5 Å². The lowest BCUT2D eigenvalue weighted by molar-refractivity contribution is -0.134. The molecule has 70 valence electrons. The molecular weight excluding hydrogens is 168 g/mol. The normalized spacial score (nSPS) is 9.92. The third kappa shape index (κ3) is 3.55. The second kappa shape index (κ2) is 4.44. The van der Waals surface area contributed by atoms with E-state index in [0.29, 0.717) is 0 Å². The zero-order valence-corrected chi connectivity index (χ0v) is 7.74. The Morgan fingerprint density at radius 1 is 1.38 bits per heavy atom. The lowest BCUT2D eigenvalue weighted by atomic mass is 10.1. The molecule has 0 aliphatic carbocycles. The van der Waals surface area contributed by atoms with Gasteiger partial charge < -0.3 is 10.6 Å². The van der Waals surface area contributed by atoms with Crippen molar-refractivity contribution in [2.45, 2.75) is 19.4 Å². The molecule has 1 amide bonds. The average molecular weight is 180 g/mol. The number of carbonyl (C=O) groups is 1. The van der Waals surface area contributed by atoms with Gasteiger partial charge in [-0.3, -0.25) is 4.79 Å². The molecule has 0 heterocycles. The van der Waals surface area contributed by atoms with E-state index in [2.05, 4.69) is 0 Å². The van der Waals surface area contributed by atoms with Crippen molar-refractivity contribution in [2.24, 2.45) is 5.73 Å². The Bertz CT molecular complexity index is 249. The Kier molecular flexibility index (Phi) is 3.90. The van der Waals surface area contributed by atoms with E-state index in [1.165, 1.54) is 13.8 Å². The Balaban J connectivity index is 4.50.